The molecule has 2 aromatic rings. The Morgan fingerprint density at radius 3 is 1.46 bits per heavy atom. The summed E-state index contributed by atoms with van der Waals surface area (Å²) >= 11 is 0. The summed E-state index contributed by atoms with van der Waals surface area (Å²) in [5.74, 6) is 0.442. The highest BCUT2D eigenvalue weighted by Gasteiger charge is 2.19. The van der Waals surface area contributed by atoms with Crippen LogP contribution in [0.25, 0.3) is 0 Å². The van der Waals surface area contributed by atoms with Crippen LogP contribution in [0, 0.1) is 13.8 Å². The van der Waals surface area contributed by atoms with E-state index in [1.54, 1.807) is 0 Å². The van der Waals surface area contributed by atoms with Gasteiger partial charge in [0.15, 0.2) is 0 Å². The standard InChI is InChI=1S/C30H49N5O6/c1-21-13-23(17-32-27(38)3-11-36)29(40)25(15-21)19-34-7-5-31-6-8-35(10-9-34)20-26-16-22(2)14-24(30(26)41)18-33-28(39)4-12-37/h13-16,27-28,31-33,36-41H,3-12,17-20H2,1-2H3. The molecule has 9 N–H and O–H groups in total. The smallest absolute Gasteiger partial charge is 0.124 e. The number of aliphatic hydroxyl groups is 4. The van der Waals surface area contributed by atoms with Gasteiger partial charge in [-0.2, -0.15) is 0 Å². The molecule has 11 nitrogen and oxygen atoms in total. The zero-order valence-electron chi connectivity index (χ0n) is 24.4. The van der Waals surface area contributed by atoms with Crippen molar-refractivity contribution < 1.29 is 30.6 Å². The molecule has 0 radical (unpaired) electrons. The third kappa shape index (κ3) is 10.8. The molecule has 2 unspecified atom stereocenters. The maximum Gasteiger partial charge on any atom is 0.124 e. The molecule has 0 saturated carbocycles. The van der Waals surface area contributed by atoms with Crippen molar-refractivity contribution in [2.75, 3.05) is 52.5 Å². The third-order valence-corrected chi connectivity index (χ3v) is 7.42. The van der Waals surface area contributed by atoms with Crippen LogP contribution >= 0.6 is 0 Å². The van der Waals surface area contributed by atoms with E-state index in [1.807, 2.05) is 38.1 Å². The lowest BCUT2D eigenvalue weighted by atomic mass is 10.0. The van der Waals surface area contributed by atoms with Gasteiger partial charge in [-0.15, -0.1) is 0 Å². The summed E-state index contributed by atoms with van der Waals surface area (Å²) in [5.41, 5.74) is 5.15. The van der Waals surface area contributed by atoms with E-state index in [0.717, 1.165) is 61.5 Å². The predicted octanol–water partition coefficient (Wildman–Crippen LogP) is 0.203. The topological polar surface area (TPSA) is 164 Å². The molecule has 3 rings (SSSR count). The van der Waals surface area contributed by atoms with Crippen LogP contribution < -0.4 is 16.0 Å². The van der Waals surface area contributed by atoms with E-state index in [9.17, 15) is 20.4 Å². The van der Waals surface area contributed by atoms with E-state index in [0.29, 0.717) is 37.3 Å². The van der Waals surface area contributed by atoms with E-state index in [4.69, 9.17) is 10.2 Å². The Morgan fingerprint density at radius 1 is 0.683 bits per heavy atom. The maximum absolute atomic E-state index is 11.0. The number of aromatic hydroxyl groups is 2. The zero-order chi connectivity index (χ0) is 29.8. The van der Waals surface area contributed by atoms with Gasteiger partial charge in [0.25, 0.3) is 0 Å². The summed E-state index contributed by atoms with van der Waals surface area (Å²) in [6.45, 7) is 10.4. The number of benzene rings is 2. The quantitative estimate of drug-likeness (QED) is 0.141. The number of nitrogens with one attached hydrogen (secondary N) is 3. The van der Waals surface area contributed by atoms with Crippen molar-refractivity contribution in [2.45, 2.75) is 65.3 Å². The second-order valence-electron chi connectivity index (χ2n) is 11.0. The molecule has 1 aliphatic rings. The first kappa shape index (κ1) is 33.2. The molecule has 0 amide bonds. The minimum atomic E-state index is -0.837. The molecule has 1 fully saturated rings. The van der Waals surface area contributed by atoms with Gasteiger partial charge < -0.3 is 36.0 Å². The van der Waals surface area contributed by atoms with E-state index >= 15 is 0 Å². The fourth-order valence-corrected chi connectivity index (χ4v) is 5.19. The zero-order valence-corrected chi connectivity index (χ0v) is 24.4. The largest absolute Gasteiger partial charge is 0.507 e. The van der Waals surface area contributed by atoms with Crippen LogP contribution in [0.4, 0.5) is 0 Å². The van der Waals surface area contributed by atoms with E-state index in [1.165, 1.54) is 0 Å². The first-order valence-corrected chi connectivity index (χ1v) is 14.5. The lowest BCUT2D eigenvalue weighted by molar-refractivity contribution is 0.100. The number of nitrogens with zero attached hydrogens (tertiary/aromatic N) is 2. The molecule has 0 spiro atoms. The van der Waals surface area contributed by atoms with Crippen LogP contribution in [0.2, 0.25) is 0 Å². The average Bonchev–Trinajstić information content (AvgIpc) is 3.03. The summed E-state index contributed by atoms with van der Waals surface area (Å²) < 4.78 is 0. The first-order chi connectivity index (χ1) is 19.7. The Hall–Kier alpha value is -2.32. The van der Waals surface area contributed by atoms with Crippen LogP contribution in [0.5, 0.6) is 11.5 Å². The van der Waals surface area contributed by atoms with E-state index < -0.39 is 12.5 Å². The number of aryl methyl sites for hydroxylation is 2. The molecule has 1 saturated heterocycles. The third-order valence-electron chi connectivity index (χ3n) is 7.42. The van der Waals surface area contributed by atoms with Gasteiger partial charge in [0.05, 0.1) is 0 Å². The Balaban J connectivity index is 1.67. The van der Waals surface area contributed by atoms with Gasteiger partial charge in [-0.25, -0.2) is 0 Å². The molecule has 41 heavy (non-hydrogen) atoms. The van der Waals surface area contributed by atoms with Crippen molar-refractivity contribution in [1.29, 1.82) is 0 Å². The molecule has 0 bridgehead atoms. The van der Waals surface area contributed by atoms with Crippen molar-refractivity contribution in [3.63, 3.8) is 0 Å². The van der Waals surface area contributed by atoms with Crippen LogP contribution in [0.15, 0.2) is 24.3 Å². The molecule has 230 valence electrons. The van der Waals surface area contributed by atoms with Crippen molar-refractivity contribution in [1.82, 2.24) is 25.8 Å². The molecule has 11 heteroatoms. The minimum absolute atomic E-state index is 0.114. The number of hydrogen-bond acceptors (Lipinski definition) is 11. The molecule has 0 aliphatic carbocycles. The summed E-state index contributed by atoms with van der Waals surface area (Å²) in [7, 11) is 0. The molecule has 0 aromatic heterocycles. The Morgan fingerprint density at radius 2 is 1.07 bits per heavy atom. The second kappa shape index (κ2) is 17.0. The molecule has 2 aromatic carbocycles. The lowest BCUT2D eigenvalue weighted by Gasteiger charge is -2.27. The van der Waals surface area contributed by atoms with E-state index in [-0.39, 0.29) is 37.6 Å². The predicted molar refractivity (Wildman–Crippen MR) is 158 cm³/mol. The van der Waals surface area contributed by atoms with Crippen LogP contribution in [0.3, 0.4) is 0 Å². The number of phenolic OH excluding ortho intramolecular Hbond substituents is 2. The Bertz CT molecular complexity index is 1000. The van der Waals surface area contributed by atoms with Gasteiger partial charge in [-0.1, -0.05) is 35.4 Å². The van der Waals surface area contributed by atoms with Gasteiger partial charge in [0.2, 0.25) is 0 Å². The van der Waals surface area contributed by atoms with Crippen molar-refractivity contribution in [2.24, 2.45) is 0 Å². The Kier molecular flexibility index (Phi) is 13.7. The fraction of sp³-hybridized carbons (Fsp3) is 0.600. The molecule has 2 atom stereocenters. The number of aliphatic hydroxyl groups excluding tert-OH is 4. The summed E-state index contributed by atoms with van der Waals surface area (Å²) in [6.07, 6.45) is -1.22. The fourth-order valence-electron chi connectivity index (χ4n) is 5.19. The van der Waals surface area contributed by atoms with Crippen LogP contribution in [0.1, 0.15) is 46.2 Å². The average molecular weight is 576 g/mol. The highest BCUT2D eigenvalue weighted by molar-refractivity contribution is 5.44. The lowest BCUT2D eigenvalue weighted by Crippen LogP contribution is -2.35. The monoisotopic (exact) mass is 575 g/mol. The number of hydrogen-bond donors (Lipinski definition) is 9. The summed E-state index contributed by atoms with van der Waals surface area (Å²) in [5, 5.41) is 69.3. The Labute approximate surface area is 243 Å². The van der Waals surface area contributed by atoms with Gasteiger partial charge >= 0.3 is 0 Å². The maximum atomic E-state index is 11.0. The van der Waals surface area contributed by atoms with Gasteiger partial charge in [-0.3, -0.25) is 20.4 Å². The van der Waals surface area contributed by atoms with Crippen LogP contribution in [-0.4, -0.2) is 105 Å². The number of rotatable bonds is 14. The van der Waals surface area contributed by atoms with Crippen molar-refractivity contribution >= 4 is 0 Å². The van der Waals surface area contributed by atoms with E-state index in [2.05, 4.69) is 25.8 Å². The molecular formula is C30H49N5O6. The SMILES string of the molecule is Cc1cc(CNC(O)CCO)c(O)c(CN2CCNCCN(Cc3cc(C)cc(CNC(O)CCO)c3O)CC2)c1. The second-order valence-corrected chi connectivity index (χ2v) is 11.0. The molecule has 1 aliphatic heterocycles. The van der Waals surface area contributed by atoms with Gasteiger partial charge in [-0.05, 0) is 13.8 Å². The van der Waals surface area contributed by atoms with Gasteiger partial charge in [0.1, 0.15) is 24.0 Å². The van der Waals surface area contributed by atoms with Crippen LogP contribution in [-0.2, 0) is 26.2 Å². The summed E-state index contributed by atoms with van der Waals surface area (Å²) in [4.78, 5) is 4.62. The van der Waals surface area contributed by atoms with Crippen molar-refractivity contribution in [3.05, 3.63) is 57.6 Å². The minimum Gasteiger partial charge on any atom is -0.507 e. The molecule has 1 heterocycles. The molecular weight excluding hydrogens is 526 g/mol. The highest BCUT2D eigenvalue weighted by atomic mass is 16.3. The highest BCUT2D eigenvalue weighted by Crippen LogP contribution is 2.28. The van der Waals surface area contributed by atoms with Crippen molar-refractivity contribution in [3.8, 4) is 11.5 Å². The summed E-state index contributed by atoms with van der Waals surface area (Å²) in [6, 6.07) is 7.81. The number of phenols is 2. The first-order valence-electron chi connectivity index (χ1n) is 14.5. The normalized spacial score (nSPS) is 17.1. The van der Waals surface area contributed by atoms with Gasteiger partial charge in [0, 0.05) is 114 Å².